The Hall–Kier alpha value is -5.14. The molecule has 135 heavy (non-hydrogen) atoms. The van der Waals surface area contributed by atoms with Crippen LogP contribution in [0.25, 0.3) is 0 Å². The number of hydrogen-bond donors (Lipinski definition) is 36. The van der Waals surface area contributed by atoms with Crippen LogP contribution in [0.15, 0.2) is 0 Å². The van der Waals surface area contributed by atoms with Gasteiger partial charge in [0.05, 0.1) is 90.4 Å². The third-order valence-corrected chi connectivity index (χ3v) is 24.4. The number of nitrogens with one attached hydrogen (secondary N) is 4. The number of rotatable bonds is 38. The second-order valence-corrected chi connectivity index (χ2v) is 33.8. The molecule has 0 spiro atoms. The van der Waals surface area contributed by atoms with E-state index in [4.69, 9.17) is 90.0 Å². The lowest BCUT2D eigenvalue weighted by Gasteiger charge is -2.51. The van der Waals surface area contributed by atoms with E-state index in [2.05, 4.69) is 21.3 Å². The number of carbonyl (C=O) groups excluding carboxylic acids is 4. The number of carboxylic acid groups (broad SMARTS) is 2. The molecule has 1 unspecified atom stereocenters. The van der Waals surface area contributed by atoms with Crippen LogP contribution in [-0.2, 0) is 119 Å². The van der Waals surface area contributed by atoms with Crippen LogP contribution in [-0.4, -0.2) is 583 Å². The molecule has 52 atom stereocenters. The van der Waals surface area contributed by atoms with E-state index in [9.17, 15) is 192 Å². The van der Waals surface area contributed by atoms with Crippen molar-refractivity contribution < 1.29 is 282 Å². The van der Waals surface area contributed by atoms with Crippen LogP contribution in [0.4, 0.5) is 0 Å². The maximum atomic E-state index is 13.3. The Morgan fingerprint density at radius 3 is 0.941 bits per heavy atom. The summed E-state index contributed by atoms with van der Waals surface area (Å²) in [4.78, 5) is 77.4. The highest BCUT2D eigenvalue weighted by Crippen LogP contribution is 2.44. The fraction of sp³-hybridized carbons (Fsp3) is 0.919. The highest BCUT2D eigenvalue weighted by atomic mass is 16.8. The molecule has 61 nitrogen and oxygen atoms in total. The topological polar surface area (TPSA) is 973 Å². The molecule has 10 aliphatic heterocycles. The van der Waals surface area contributed by atoms with Crippen LogP contribution in [0.5, 0.6) is 0 Å². The van der Waals surface area contributed by atoms with Gasteiger partial charge in [-0.2, -0.15) is 0 Å². The third kappa shape index (κ3) is 24.3. The molecule has 10 aliphatic rings. The lowest BCUT2D eigenvalue weighted by molar-refractivity contribution is -0.401. The van der Waals surface area contributed by atoms with Gasteiger partial charge in [-0.1, -0.05) is 0 Å². The van der Waals surface area contributed by atoms with Crippen LogP contribution in [0, 0.1) is 0 Å². The molecule has 0 bridgehead atoms. The second-order valence-electron chi connectivity index (χ2n) is 33.8. The van der Waals surface area contributed by atoms with Crippen LogP contribution < -0.4 is 21.3 Å². The standard InChI is InChI=1S/C74H122N4O57/c1-17(88)75-33-21(92)5-73(71(113)114,132-56(33)37(96)23(94)7-79)134-59-41(100)27(11-83)119-67(51(59)110)126-53-30(14-86)123-64(35(44(53)103)77-19(3)90)130-61-46(105)39(98)25(9-81)121-69(61)117-16-32-43(102)58(50(109)66(125-32)128-55-29(13-85)118-63(112)49(108)48(55)107)129-70-62(47(106)40(99)26(10-82)122-70)131-65-36(78-20(4)91)45(104)54(31(15-87)124-65)127-68-52(111)60(42(101)28(12-84)120-68)135-74(72(115)116)6-22(93)34(76-18(2)89)57(133-74)38(97)24(95)8-80/h21-70,79-87,92-112H,5-16H2,1-4H3,(H,75,88)(H,76,89)(H,77,90)(H,78,91)(H,113,114)(H,115,116)/t21-,22-,23+,24+,25+,26+,27+,28+,29+,30+,31+,32+,33+,34+,35+,36+,37+,38+,39+,40+,41-,42-,43+,44+,45+,46-,47-,48+,49+,50-,51+,52+,53+,54+,55+,56+,57+,58-,59-,60-,61-,62-,63?,64-,65-,66-,67-,68-,69-,70+,73-,74-/m0/s1. The van der Waals surface area contributed by atoms with E-state index in [1.54, 1.807) is 0 Å². The first-order valence-electron chi connectivity index (χ1n) is 42.4. The lowest BCUT2D eigenvalue weighted by Crippen LogP contribution is -2.71. The summed E-state index contributed by atoms with van der Waals surface area (Å²) >= 11 is 0. The van der Waals surface area contributed by atoms with Crippen LogP contribution in [0.2, 0.25) is 0 Å². The van der Waals surface area contributed by atoms with Gasteiger partial charge < -0.3 is 275 Å². The Morgan fingerprint density at radius 1 is 0.304 bits per heavy atom. The lowest BCUT2D eigenvalue weighted by atomic mass is 9.88. The van der Waals surface area contributed by atoms with Crippen molar-refractivity contribution in [2.24, 2.45) is 0 Å². The highest BCUT2D eigenvalue weighted by molar-refractivity contribution is 5.78. The van der Waals surface area contributed by atoms with Gasteiger partial charge in [-0.3, -0.25) is 19.2 Å². The zero-order valence-electron chi connectivity index (χ0n) is 71.9. The predicted molar refractivity (Wildman–Crippen MR) is 410 cm³/mol. The molecule has 0 aromatic carbocycles. The fourth-order valence-corrected chi connectivity index (χ4v) is 17.3. The molecule has 10 saturated heterocycles. The number of hydrogen-bond acceptors (Lipinski definition) is 55. The first-order chi connectivity index (χ1) is 63.6. The van der Waals surface area contributed by atoms with Crippen LogP contribution in [0.1, 0.15) is 40.5 Å². The van der Waals surface area contributed by atoms with Crippen molar-refractivity contribution in [1.29, 1.82) is 0 Å². The van der Waals surface area contributed by atoms with Crippen LogP contribution in [0.3, 0.4) is 0 Å². The molecular formula is C74H122N4O57. The van der Waals surface area contributed by atoms with Gasteiger partial charge >= 0.3 is 11.9 Å². The van der Waals surface area contributed by atoms with Crippen molar-refractivity contribution in [1.82, 2.24) is 21.3 Å². The minimum atomic E-state index is -3.33. The van der Waals surface area contributed by atoms with Gasteiger partial charge in [0.25, 0.3) is 11.6 Å². The average Bonchev–Trinajstić information content (AvgIpc) is 0.744. The van der Waals surface area contributed by atoms with Gasteiger partial charge in [0.15, 0.2) is 50.3 Å². The first kappa shape index (κ1) is 112. The normalized spacial score (nSPS) is 47.0. The Bertz CT molecular complexity index is 3790. The minimum absolute atomic E-state index is 0.847. The molecule has 10 fully saturated rings. The summed E-state index contributed by atoms with van der Waals surface area (Å²) in [6.07, 6.45) is -108. The monoisotopic (exact) mass is 1980 g/mol. The summed E-state index contributed by atoms with van der Waals surface area (Å²) in [5.74, 6) is -14.9. The van der Waals surface area contributed by atoms with Crippen molar-refractivity contribution in [3.05, 3.63) is 0 Å². The van der Waals surface area contributed by atoms with E-state index in [-0.39, 0.29) is 0 Å². The quantitative estimate of drug-likeness (QED) is 0.0273. The zero-order chi connectivity index (χ0) is 100. The van der Waals surface area contributed by atoms with Crippen molar-refractivity contribution in [2.75, 3.05) is 66.1 Å². The molecule has 0 radical (unpaired) electrons. The average molecular weight is 1980 g/mol. The van der Waals surface area contributed by atoms with E-state index in [1.165, 1.54) is 0 Å². The molecule has 61 heteroatoms. The third-order valence-electron chi connectivity index (χ3n) is 24.4. The van der Waals surface area contributed by atoms with Gasteiger partial charge in [0.2, 0.25) is 23.6 Å². The summed E-state index contributed by atoms with van der Waals surface area (Å²) in [7, 11) is 0. The van der Waals surface area contributed by atoms with Crippen molar-refractivity contribution >= 4 is 35.6 Å². The summed E-state index contributed by atoms with van der Waals surface area (Å²) in [6, 6.07) is -7.77. The summed E-state index contributed by atoms with van der Waals surface area (Å²) in [5, 5.41) is 366. The Balaban J connectivity index is 0.917. The maximum Gasteiger partial charge on any atom is 0.364 e. The first-order valence-corrected chi connectivity index (χ1v) is 42.4. The molecule has 0 saturated carbocycles. The summed E-state index contributed by atoms with van der Waals surface area (Å²) < 4.78 is 111. The van der Waals surface area contributed by atoms with Gasteiger partial charge in [-0.25, -0.2) is 9.59 Å². The van der Waals surface area contributed by atoms with Crippen molar-refractivity contribution in [2.45, 2.75) is 359 Å². The van der Waals surface area contributed by atoms with E-state index in [0.717, 1.165) is 27.7 Å². The largest absolute Gasteiger partial charge is 0.477 e. The molecule has 0 aliphatic carbocycles. The Labute approximate surface area is 761 Å². The number of aliphatic hydroxyl groups is 30. The smallest absolute Gasteiger partial charge is 0.364 e. The molecule has 36 N–H and O–H groups in total. The Kier molecular flexibility index (Phi) is 39.6. The molecular weight excluding hydrogens is 1860 g/mol. The summed E-state index contributed by atoms with van der Waals surface area (Å²) in [6.45, 7) is -8.83. The van der Waals surface area contributed by atoms with E-state index < -0.39 is 432 Å². The summed E-state index contributed by atoms with van der Waals surface area (Å²) in [5.41, 5.74) is 0. The number of ether oxygens (including phenoxy) is 19. The molecule has 0 aromatic rings. The zero-order valence-corrected chi connectivity index (χ0v) is 71.9. The van der Waals surface area contributed by atoms with E-state index >= 15 is 0 Å². The predicted octanol–water partition coefficient (Wildman–Crippen LogP) is -23.8. The fourth-order valence-electron chi connectivity index (χ4n) is 17.3. The SMILES string of the molecule is CC(=O)N[C@H]1[C@H](O[C@@H]2[C@@H](OC[C@H]3O[C@@H](O[C@H]4[C@H](O)[C@@H](O)C(O)O[C@@H]4CO)[C@@H](O)[C@@H](O[C@H]4O[C@H](CO)[C@@H](O)[C@H](O)[C@@H]4O[C@@H]4O[C@H](CO)[C@@H](O[C@@H]5O[C@H](CO)[C@H](O)[C@H](O[C@]6(C(=O)O)C[C@H](O)[C@@H](NC(C)=O)[C@H]([C@H](O)[C@H](O)CO)O6)[C@H]5O)[C@H](O)[C@H]4NC(C)=O)[C@@H]3O)O[C@H](CO)[C@@H](O)[C@@H]2O)O[C@H](CO)[C@@H](O[C@@H]2O[C@H](CO)[C@H](O)[C@H](O[C@]3(C(=O)O)C[C@H](O)[C@@H](NC(C)=O)[C@H]([C@H](O)[C@H](O)CO)O3)[C@H]2O)[C@@H]1O. The van der Waals surface area contributed by atoms with Crippen LogP contribution >= 0.6 is 0 Å². The second kappa shape index (κ2) is 47.8. The molecule has 780 valence electrons. The molecule has 0 aromatic heterocycles. The number of amides is 4. The molecule has 10 heterocycles. The van der Waals surface area contributed by atoms with E-state index in [0.29, 0.717) is 0 Å². The molecule has 10 rings (SSSR count). The van der Waals surface area contributed by atoms with Gasteiger partial charge in [-0.05, 0) is 0 Å². The van der Waals surface area contributed by atoms with Gasteiger partial charge in [0.1, 0.15) is 232 Å². The van der Waals surface area contributed by atoms with Gasteiger partial charge in [0, 0.05) is 40.5 Å². The van der Waals surface area contributed by atoms with Gasteiger partial charge in [-0.15, -0.1) is 0 Å². The number of aliphatic carboxylic acids is 2. The molecule has 4 amide bonds. The maximum absolute atomic E-state index is 13.3. The number of carboxylic acids is 2. The van der Waals surface area contributed by atoms with E-state index in [1.807, 2.05) is 0 Å². The highest BCUT2D eigenvalue weighted by Gasteiger charge is 2.66. The van der Waals surface area contributed by atoms with Crippen molar-refractivity contribution in [3.8, 4) is 0 Å². The van der Waals surface area contributed by atoms with Crippen molar-refractivity contribution in [3.63, 3.8) is 0 Å². The number of carbonyl (C=O) groups is 6. The minimum Gasteiger partial charge on any atom is -0.477 e. The Morgan fingerprint density at radius 2 is 0.585 bits per heavy atom. The number of aliphatic hydroxyl groups excluding tert-OH is 30.